The van der Waals surface area contributed by atoms with Crippen molar-refractivity contribution in [3.05, 3.63) is 0 Å². The average Bonchev–Trinajstić information content (AvgIpc) is 2.13. The van der Waals surface area contributed by atoms with Gasteiger partial charge < -0.3 is 0 Å². The molecule has 10 heteroatoms. The van der Waals surface area contributed by atoms with E-state index in [4.69, 9.17) is 0 Å². The number of rotatable bonds is 1. The summed E-state index contributed by atoms with van der Waals surface area (Å²) >= 11 is 0. The van der Waals surface area contributed by atoms with Crippen LogP contribution in [0.5, 0.6) is 0 Å². The second-order valence-corrected chi connectivity index (χ2v) is 9.63. The van der Waals surface area contributed by atoms with E-state index < -0.39 is 43.4 Å². The van der Waals surface area contributed by atoms with Gasteiger partial charge in [0, 0.05) is 0 Å². The summed E-state index contributed by atoms with van der Waals surface area (Å²) in [7, 11) is 0.633. The van der Waals surface area contributed by atoms with Gasteiger partial charge in [0.1, 0.15) is 0 Å². The molecule has 0 aromatic rings. The quantitative estimate of drug-likeness (QED) is 0.421. The normalized spacial score (nSPS) is 29.2. The van der Waals surface area contributed by atoms with E-state index in [1.54, 1.807) is 0 Å². The SMILES string of the molecule is CN1CC(C)(C)COP1(C=O)(C(F)(F)F)C(F)(F)F. The predicted molar refractivity (Wildman–Crippen MR) is 58.1 cm³/mol. The van der Waals surface area contributed by atoms with Crippen molar-refractivity contribution < 1.29 is 35.7 Å². The Bertz CT molecular complexity index is 377. The molecule has 1 saturated heterocycles. The second-order valence-electron chi connectivity index (χ2n) is 5.35. The van der Waals surface area contributed by atoms with E-state index in [9.17, 15) is 31.1 Å². The molecule has 0 amide bonds. The molecule has 0 radical (unpaired) electrons. The number of carbonyl (C=O) groups excluding carboxylic acids is 1. The van der Waals surface area contributed by atoms with Gasteiger partial charge >= 0.3 is 105 Å². The molecule has 0 aromatic carbocycles. The summed E-state index contributed by atoms with van der Waals surface area (Å²) in [5.74, 6) is -11.6. The van der Waals surface area contributed by atoms with E-state index in [2.05, 4.69) is 4.52 Å². The van der Waals surface area contributed by atoms with Gasteiger partial charge in [0.2, 0.25) is 0 Å². The Hall–Kier alpha value is -0.400. The number of alkyl halides is 6. The molecule has 0 aliphatic carbocycles. The Balaban J connectivity index is 3.60. The maximum atomic E-state index is 13.2. The monoisotopic (exact) mass is 313 g/mol. The molecular formula is C9H14F6NO2P. The van der Waals surface area contributed by atoms with Gasteiger partial charge in [-0.05, 0) is 0 Å². The zero-order valence-corrected chi connectivity index (χ0v) is 11.4. The van der Waals surface area contributed by atoms with Gasteiger partial charge in [0.25, 0.3) is 0 Å². The van der Waals surface area contributed by atoms with Crippen LogP contribution in [0.15, 0.2) is 0 Å². The summed E-state index contributed by atoms with van der Waals surface area (Å²) < 4.78 is 83.5. The second kappa shape index (κ2) is 4.05. The minimum absolute atomic E-state index is 0.0160. The molecule has 114 valence electrons. The molecular weight excluding hydrogens is 299 g/mol. The average molecular weight is 313 g/mol. The Morgan fingerprint density at radius 3 is 1.84 bits per heavy atom. The molecule has 0 atom stereocenters. The van der Waals surface area contributed by atoms with Gasteiger partial charge in [-0.3, -0.25) is 0 Å². The third kappa shape index (κ3) is 1.81. The van der Waals surface area contributed by atoms with Crippen LogP contribution in [0, 0.1) is 5.41 Å². The maximum absolute atomic E-state index is 13.2. The van der Waals surface area contributed by atoms with Gasteiger partial charge in [0.05, 0.1) is 0 Å². The molecule has 1 fully saturated rings. The van der Waals surface area contributed by atoms with E-state index in [1.807, 2.05) is 0 Å². The van der Waals surface area contributed by atoms with E-state index in [-0.39, 0.29) is 4.67 Å². The van der Waals surface area contributed by atoms with Crippen LogP contribution in [-0.4, -0.2) is 42.7 Å². The van der Waals surface area contributed by atoms with E-state index in [0.717, 1.165) is 0 Å². The molecule has 1 aliphatic rings. The van der Waals surface area contributed by atoms with Crippen molar-refractivity contribution in [2.75, 3.05) is 20.2 Å². The molecule has 0 spiro atoms. The Kier molecular flexibility index (Phi) is 3.55. The van der Waals surface area contributed by atoms with Gasteiger partial charge in [-0.1, -0.05) is 0 Å². The summed E-state index contributed by atoms with van der Waals surface area (Å²) in [6.07, 6.45) is 0. The third-order valence-electron chi connectivity index (χ3n) is 3.23. The van der Waals surface area contributed by atoms with Crippen LogP contribution < -0.4 is 0 Å². The van der Waals surface area contributed by atoms with Crippen molar-refractivity contribution in [1.29, 1.82) is 0 Å². The third-order valence-corrected chi connectivity index (χ3v) is 7.73. The van der Waals surface area contributed by atoms with Gasteiger partial charge in [-0.15, -0.1) is 0 Å². The Morgan fingerprint density at radius 2 is 1.58 bits per heavy atom. The van der Waals surface area contributed by atoms with Crippen molar-refractivity contribution in [3.8, 4) is 0 Å². The molecule has 0 bridgehead atoms. The van der Waals surface area contributed by atoms with E-state index in [0.29, 0.717) is 7.05 Å². The summed E-state index contributed by atoms with van der Waals surface area (Å²) in [5.41, 5.74) is -0.907. The summed E-state index contributed by atoms with van der Waals surface area (Å²) in [6, 6.07) is -1.07. The van der Waals surface area contributed by atoms with E-state index >= 15 is 0 Å². The molecule has 0 aromatic heterocycles. The van der Waals surface area contributed by atoms with Gasteiger partial charge in [0.15, 0.2) is 0 Å². The molecule has 1 rings (SSSR count). The predicted octanol–water partition coefficient (Wildman–Crippen LogP) is 3.59. The Labute approximate surface area is 105 Å². The van der Waals surface area contributed by atoms with Crippen LogP contribution in [0.2, 0.25) is 0 Å². The van der Waals surface area contributed by atoms with Crippen molar-refractivity contribution in [2.24, 2.45) is 5.41 Å². The van der Waals surface area contributed by atoms with Crippen molar-refractivity contribution in [1.82, 2.24) is 4.67 Å². The molecule has 3 nitrogen and oxygen atoms in total. The zero-order chi connectivity index (χ0) is 15.4. The number of hydrogen-bond acceptors (Lipinski definition) is 3. The van der Waals surface area contributed by atoms with Crippen molar-refractivity contribution >= 4 is 13.0 Å². The Morgan fingerprint density at radius 1 is 1.16 bits per heavy atom. The van der Waals surface area contributed by atoms with Crippen LogP contribution >= 0.6 is 6.98 Å². The van der Waals surface area contributed by atoms with Crippen LogP contribution in [0.4, 0.5) is 26.3 Å². The van der Waals surface area contributed by atoms with Crippen molar-refractivity contribution in [3.63, 3.8) is 0 Å². The first-order chi connectivity index (χ1) is 8.24. The fourth-order valence-corrected chi connectivity index (χ4v) is 5.40. The standard InChI is InChI=1S/C9H14F6NO2P/c1-7(2)4-16(3)19(6-17,18-5-7,8(10,11)12)9(13,14)15/h6H,4-5H2,1-3H3. The van der Waals surface area contributed by atoms with Crippen LogP contribution in [0.25, 0.3) is 0 Å². The van der Waals surface area contributed by atoms with E-state index in [1.165, 1.54) is 13.8 Å². The number of hydrogen-bond donors (Lipinski definition) is 0. The summed E-state index contributed by atoms with van der Waals surface area (Å²) in [5, 5.41) is 0. The summed E-state index contributed by atoms with van der Waals surface area (Å²) in [4.78, 5) is 11.0. The zero-order valence-electron chi connectivity index (χ0n) is 10.5. The number of carbonyl (C=O) groups is 1. The molecule has 0 unspecified atom stereocenters. The fourth-order valence-electron chi connectivity index (χ4n) is 2.12. The molecule has 0 N–H and O–H groups in total. The first-order valence-corrected chi connectivity index (χ1v) is 7.39. The van der Waals surface area contributed by atoms with Crippen LogP contribution in [-0.2, 0) is 9.32 Å². The van der Waals surface area contributed by atoms with Crippen LogP contribution in [0.3, 0.4) is 0 Å². The molecule has 0 saturated carbocycles. The topological polar surface area (TPSA) is 29.5 Å². The van der Waals surface area contributed by atoms with Crippen LogP contribution in [0.1, 0.15) is 13.8 Å². The van der Waals surface area contributed by atoms with Gasteiger partial charge in [-0.2, -0.15) is 0 Å². The summed E-state index contributed by atoms with van der Waals surface area (Å²) in [6.45, 7) is -5.54. The first kappa shape index (κ1) is 16.7. The fraction of sp³-hybridized carbons (Fsp3) is 0.889. The van der Waals surface area contributed by atoms with Gasteiger partial charge in [-0.25, -0.2) is 0 Å². The molecule has 1 aliphatic heterocycles. The minimum atomic E-state index is -7.15. The number of nitrogens with zero attached hydrogens (tertiary/aromatic N) is 1. The first-order valence-electron chi connectivity index (χ1n) is 5.22. The molecule has 19 heavy (non-hydrogen) atoms. The van der Waals surface area contributed by atoms with Crippen molar-refractivity contribution in [2.45, 2.75) is 25.7 Å². The molecule has 1 heterocycles. The number of halogens is 6.